The molecule has 0 spiro atoms. The minimum absolute atomic E-state index is 0.548. The van der Waals surface area contributed by atoms with Crippen molar-refractivity contribution in [1.82, 2.24) is 9.80 Å². The lowest BCUT2D eigenvalue weighted by molar-refractivity contribution is 0.00694. The van der Waals surface area contributed by atoms with Crippen LogP contribution in [0.2, 0.25) is 0 Å². The van der Waals surface area contributed by atoms with Crippen molar-refractivity contribution in [2.45, 2.75) is 50.5 Å². The third-order valence-corrected chi connectivity index (χ3v) is 6.21. The zero-order valence-electron chi connectivity index (χ0n) is 16.3. The van der Waals surface area contributed by atoms with Crippen molar-refractivity contribution in [3.63, 3.8) is 0 Å². The number of rotatable bonds is 7. The summed E-state index contributed by atoms with van der Waals surface area (Å²) >= 11 is 0. The van der Waals surface area contributed by atoms with Gasteiger partial charge in [0.05, 0.1) is 7.11 Å². The summed E-state index contributed by atoms with van der Waals surface area (Å²) in [4.78, 5) is 5.45. The Morgan fingerprint density at radius 1 is 1.00 bits per heavy atom. The lowest BCUT2D eigenvalue weighted by atomic mass is 9.97. The van der Waals surface area contributed by atoms with E-state index in [1.165, 1.54) is 24.0 Å². The number of methoxy groups -OCH3 is 1. The number of nitrogens with zero attached hydrogens (tertiary/aromatic N) is 2. The molecule has 27 heavy (non-hydrogen) atoms. The van der Waals surface area contributed by atoms with Gasteiger partial charge in [0.1, 0.15) is 5.75 Å². The van der Waals surface area contributed by atoms with Gasteiger partial charge in [-0.25, -0.2) is 0 Å². The maximum atomic E-state index is 5.30. The lowest BCUT2D eigenvalue weighted by Gasteiger charge is -2.47. The molecule has 2 saturated heterocycles. The number of hydrogen-bond acceptors (Lipinski definition) is 3. The molecule has 2 heterocycles. The Hall–Kier alpha value is -2.10. The Balaban J connectivity index is 1.50. The summed E-state index contributed by atoms with van der Waals surface area (Å²) in [6, 6.07) is 21.3. The predicted molar refractivity (Wildman–Crippen MR) is 111 cm³/mol. The van der Waals surface area contributed by atoms with Crippen LogP contribution in [-0.4, -0.2) is 41.6 Å². The highest BCUT2D eigenvalue weighted by Crippen LogP contribution is 2.37. The normalized spacial score (nSPS) is 25.4. The van der Waals surface area contributed by atoms with Crippen LogP contribution in [0.5, 0.6) is 5.75 Å². The van der Waals surface area contributed by atoms with Gasteiger partial charge < -0.3 is 4.74 Å². The Labute approximate surface area is 163 Å². The van der Waals surface area contributed by atoms with Gasteiger partial charge in [-0.1, -0.05) is 48.5 Å². The van der Waals surface area contributed by atoms with Crippen LogP contribution < -0.4 is 4.74 Å². The van der Waals surface area contributed by atoms with Crippen molar-refractivity contribution in [2.75, 3.05) is 13.7 Å². The summed E-state index contributed by atoms with van der Waals surface area (Å²) in [5.74, 6) is 0.925. The first-order chi connectivity index (χ1) is 13.3. The number of piperazine rings is 1. The van der Waals surface area contributed by atoms with Gasteiger partial charge in [0.15, 0.2) is 0 Å². The number of ether oxygens (including phenoxy) is 1. The van der Waals surface area contributed by atoms with Gasteiger partial charge in [-0.05, 0) is 42.5 Å². The van der Waals surface area contributed by atoms with Crippen LogP contribution in [0.3, 0.4) is 0 Å². The van der Waals surface area contributed by atoms with Crippen LogP contribution in [0.15, 0.2) is 67.3 Å². The van der Waals surface area contributed by atoms with E-state index in [1.54, 1.807) is 7.11 Å². The molecule has 0 amide bonds. The Bertz CT molecular complexity index is 743. The van der Waals surface area contributed by atoms with E-state index in [1.807, 2.05) is 0 Å². The molecule has 4 rings (SSSR count). The van der Waals surface area contributed by atoms with Gasteiger partial charge in [0.2, 0.25) is 0 Å². The molecule has 3 nitrogen and oxygen atoms in total. The summed E-state index contributed by atoms with van der Waals surface area (Å²) < 4.78 is 5.30. The van der Waals surface area contributed by atoms with Crippen molar-refractivity contribution in [2.24, 2.45) is 0 Å². The van der Waals surface area contributed by atoms with E-state index < -0.39 is 0 Å². The predicted octanol–water partition coefficient (Wildman–Crippen LogP) is 4.49. The van der Waals surface area contributed by atoms with Crippen LogP contribution in [0.25, 0.3) is 0 Å². The van der Waals surface area contributed by atoms with Gasteiger partial charge in [-0.15, -0.1) is 6.58 Å². The molecule has 0 N–H and O–H groups in total. The highest BCUT2D eigenvalue weighted by Gasteiger charge is 2.45. The van der Waals surface area contributed by atoms with Crippen molar-refractivity contribution in [3.8, 4) is 5.75 Å². The van der Waals surface area contributed by atoms with Crippen LogP contribution >= 0.6 is 0 Å². The number of fused-ring (bicyclic) bond motifs is 2. The number of hydrogen-bond donors (Lipinski definition) is 0. The van der Waals surface area contributed by atoms with Crippen LogP contribution in [-0.2, 0) is 13.1 Å². The molecular formula is C24H30N2O. The summed E-state index contributed by atoms with van der Waals surface area (Å²) in [6.45, 7) is 7.27. The average molecular weight is 363 g/mol. The third kappa shape index (κ3) is 3.95. The molecule has 2 aliphatic rings. The number of benzene rings is 2. The molecule has 0 aromatic heterocycles. The quantitative estimate of drug-likeness (QED) is 0.675. The molecule has 3 atom stereocenters. The summed E-state index contributed by atoms with van der Waals surface area (Å²) in [7, 11) is 1.72. The van der Waals surface area contributed by atoms with E-state index in [9.17, 15) is 0 Å². The van der Waals surface area contributed by atoms with Gasteiger partial charge in [-0.3, -0.25) is 9.80 Å². The molecule has 2 fully saturated rings. The highest BCUT2D eigenvalue weighted by molar-refractivity contribution is 5.27. The zero-order chi connectivity index (χ0) is 18.6. The Morgan fingerprint density at radius 2 is 1.74 bits per heavy atom. The first-order valence-electron chi connectivity index (χ1n) is 10.1. The summed E-state index contributed by atoms with van der Waals surface area (Å²) in [5, 5.41) is 0. The SMILES string of the molecule is C=CCC1C2CCC(CN1Cc1ccc(OC)cc1)N2Cc1ccccc1. The maximum Gasteiger partial charge on any atom is 0.118 e. The summed E-state index contributed by atoms with van der Waals surface area (Å²) in [6.07, 6.45) is 5.77. The first-order valence-corrected chi connectivity index (χ1v) is 10.1. The van der Waals surface area contributed by atoms with Crippen molar-refractivity contribution >= 4 is 0 Å². The van der Waals surface area contributed by atoms with E-state index in [-0.39, 0.29) is 0 Å². The molecule has 0 saturated carbocycles. The fourth-order valence-electron chi connectivity index (χ4n) is 4.89. The summed E-state index contributed by atoms with van der Waals surface area (Å²) in [5.41, 5.74) is 2.79. The Morgan fingerprint density at radius 3 is 2.44 bits per heavy atom. The molecule has 2 bridgehead atoms. The van der Waals surface area contributed by atoms with Gasteiger partial charge in [0, 0.05) is 37.8 Å². The van der Waals surface area contributed by atoms with E-state index in [2.05, 4.69) is 77.1 Å². The van der Waals surface area contributed by atoms with Crippen LogP contribution in [0.4, 0.5) is 0 Å². The van der Waals surface area contributed by atoms with Gasteiger partial charge >= 0.3 is 0 Å². The second-order valence-electron chi connectivity index (χ2n) is 7.83. The zero-order valence-corrected chi connectivity index (χ0v) is 16.3. The molecule has 0 radical (unpaired) electrons. The smallest absolute Gasteiger partial charge is 0.118 e. The largest absolute Gasteiger partial charge is 0.497 e. The van der Waals surface area contributed by atoms with Crippen molar-refractivity contribution in [1.29, 1.82) is 0 Å². The molecule has 142 valence electrons. The highest BCUT2D eigenvalue weighted by atomic mass is 16.5. The molecule has 2 aromatic carbocycles. The van der Waals surface area contributed by atoms with E-state index in [0.717, 1.165) is 31.8 Å². The van der Waals surface area contributed by atoms with Gasteiger partial charge in [0.25, 0.3) is 0 Å². The molecular weight excluding hydrogens is 332 g/mol. The van der Waals surface area contributed by atoms with Crippen molar-refractivity contribution in [3.05, 3.63) is 78.4 Å². The molecule has 3 unspecified atom stereocenters. The Kier molecular flexibility index (Phi) is 5.61. The van der Waals surface area contributed by atoms with E-state index in [0.29, 0.717) is 18.1 Å². The van der Waals surface area contributed by atoms with Crippen LogP contribution in [0, 0.1) is 0 Å². The average Bonchev–Trinajstić information content (AvgIpc) is 2.99. The molecule has 2 aliphatic heterocycles. The first kappa shape index (κ1) is 18.3. The van der Waals surface area contributed by atoms with E-state index in [4.69, 9.17) is 4.74 Å². The molecule has 0 aliphatic carbocycles. The lowest BCUT2D eigenvalue weighted by Crippen LogP contribution is -2.58. The fraction of sp³-hybridized carbons (Fsp3) is 0.417. The second-order valence-corrected chi connectivity index (χ2v) is 7.83. The molecule has 2 aromatic rings. The van der Waals surface area contributed by atoms with Crippen molar-refractivity contribution < 1.29 is 4.74 Å². The number of likely N-dealkylation sites (tertiary alicyclic amines) is 1. The monoisotopic (exact) mass is 362 g/mol. The second kappa shape index (κ2) is 8.28. The topological polar surface area (TPSA) is 15.7 Å². The molecule has 3 heteroatoms. The maximum absolute atomic E-state index is 5.30. The third-order valence-electron chi connectivity index (χ3n) is 6.21. The minimum Gasteiger partial charge on any atom is -0.497 e. The van der Waals surface area contributed by atoms with E-state index >= 15 is 0 Å². The fourth-order valence-corrected chi connectivity index (χ4v) is 4.89. The van der Waals surface area contributed by atoms with Gasteiger partial charge in [-0.2, -0.15) is 0 Å². The minimum atomic E-state index is 0.548. The standard InChI is InChI=1S/C24H30N2O/c1-3-7-23-24-15-12-21(26(24)17-19-8-5-4-6-9-19)18-25(23)16-20-10-13-22(27-2)14-11-20/h3-6,8-11,13-14,21,23-24H,1,7,12,15-18H2,2H3. The van der Waals surface area contributed by atoms with Crippen LogP contribution in [0.1, 0.15) is 30.4 Å².